The summed E-state index contributed by atoms with van der Waals surface area (Å²) in [5, 5.41) is 15.4. The van der Waals surface area contributed by atoms with Crippen molar-refractivity contribution >= 4 is 34.9 Å². The highest BCUT2D eigenvalue weighted by molar-refractivity contribution is 6.34. The van der Waals surface area contributed by atoms with E-state index in [-0.39, 0.29) is 29.8 Å². The first-order valence-corrected chi connectivity index (χ1v) is 7.87. The molecule has 2 aromatic carbocycles. The van der Waals surface area contributed by atoms with E-state index >= 15 is 0 Å². The molecule has 0 radical (unpaired) electrons. The van der Waals surface area contributed by atoms with Crippen molar-refractivity contribution in [3.63, 3.8) is 0 Å². The summed E-state index contributed by atoms with van der Waals surface area (Å²) in [7, 11) is 1.60. The van der Waals surface area contributed by atoms with E-state index in [0.717, 1.165) is 0 Å². The van der Waals surface area contributed by atoms with Gasteiger partial charge in [-0.25, -0.2) is 4.79 Å². The number of phenols is 1. The summed E-state index contributed by atoms with van der Waals surface area (Å²) in [6.07, 6.45) is 0. The predicted molar refractivity (Wildman–Crippen MR) is 94.2 cm³/mol. The topological polar surface area (TPSA) is 90.9 Å². The van der Waals surface area contributed by atoms with Crippen LogP contribution in [0.5, 0.6) is 11.5 Å². The minimum absolute atomic E-state index is 0.0881. The second kappa shape index (κ2) is 6.90. The Balaban J connectivity index is 1.72. The van der Waals surface area contributed by atoms with Crippen molar-refractivity contribution in [1.82, 2.24) is 4.90 Å². The maximum Gasteiger partial charge on any atom is 0.321 e. The number of anilines is 2. The third-order valence-electron chi connectivity index (χ3n) is 3.69. The van der Waals surface area contributed by atoms with Gasteiger partial charge in [-0.2, -0.15) is 0 Å². The van der Waals surface area contributed by atoms with Gasteiger partial charge in [0.1, 0.15) is 11.5 Å². The molecule has 3 amide bonds. The van der Waals surface area contributed by atoms with Crippen molar-refractivity contribution < 1.29 is 19.4 Å². The van der Waals surface area contributed by atoms with Crippen LogP contribution in [0.3, 0.4) is 0 Å². The fourth-order valence-corrected chi connectivity index (χ4v) is 2.59. The number of urea groups is 1. The van der Waals surface area contributed by atoms with Crippen molar-refractivity contribution in [3.8, 4) is 11.5 Å². The maximum absolute atomic E-state index is 12.4. The normalized spacial score (nSPS) is 12.6. The number of halogens is 1. The Kier molecular flexibility index (Phi) is 4.67. The van der Waals surface area contributed by atoms with Gasteiger partial charge in [-0.05, 0) is 12.1 Å². The highest BCUT2D eigenvalue weighted by Crippen LogP contribution is 2.36. The Bertz CT molecular complexity index is 841. The van der Waals surface area contributed by atoms with Gasteiger partial charge in [-0.15, -0.1) is 0 Å². The molecule has 130 valence electrons. The molecule has 3 N–H and O–H groups in total. The standard InChI is InChI=1S/C17H16ClN3O4/c1-21(8-10-4-2-3-5-14(10)22)17(24)20-12-7-15-13(6-11(12)18)19-16(23)9-25-15/h2-7,22H,8-9H2,1H3,(H,19,23)(H,20,24). The molecule has 0 saturated carbocycles. The van der Waals surface area contributed by atoms with Crippen LogP contribution in [0.2, 0.25) is 5.02 Å². The van der Waals surface area contributed by atoms with Gasteiger partial charge in [0.25, 0.3) is 5.91 Å². The second-order valence-corrected chi connectivity index (χ2v) is 5.99. The summed E-state index contributed by atoms with van der Waals surface area (Å²) in [5.74, 6) is 0.295. The highest BCUT2D eigenvalue weighted by atomic mass is 35.5. The number of hydrogen-bond acceptors (Lipinski definition) is 4. The lowest BCUT2D eigenvalue weighted by Crippen LogP contribution is -2.31. The van der Waals surface area contributed by atoms with E-state index in [0.29, 0.717) is 22.7 Å². The summed E-state index contributed by atoms with van der Waals surface area (Å²) in [5.41, 5.74) is 1.45. The van der Waals surface area contributed by atoms with E-state index in [1.54, 1.807) is 37.4 Å². The minimum Gasteiger partial charge on any atom is -0.508 e. The van der Waals surface area contributed by atoms with Crippen molar-refractivity contribution in [2.45, 2.75) is 6.54 Å². The Morgan fingerprint density at radius 3 is 2.92 bits per heavy atom. The number of amides is 3. The third kappa shape index (κ3) is 3.77. The van der Waals surface area contributed by atoms with Crippen LogP contribution in [0, 0.1) is 0 Å². The number of ether oxygens (including phenoxy) is 1. The fourth-order valence-electron chi connectivity index (χ4n) is 2.38. The van der Waals surface area contributed by atoms with Gasteiger partial charge < -0.3 is 25.4 Å². The monoisotopic (exact) mass is 361 g/mol. The Hall–Kier alpha value is -2.93. The molecule has 8 heteroatoms. The second-order valence-electron chi connectivity index (χ2n) is 5.58. The lowest BCUT2D eigenvalue weighted by atomic mass is 10.2. The number of phenolic OH excluding ortho intramolecular Hbond substituents is 1. The SMILES string of the molecule is CN(Cc1ccccc1O)C(=O)Nc1cc2c(cc1Cl)NC(=O)CO2. The molecule has 0 aliphatic carbocycles. The molecule has 7 nitrogen and oxygen atoms in total. The number of hydrogen-bond donors (Lipinski definition) is 3. The number of aromatic hydroxyl groups is 1. The van der Waals surface area contributed by atoms with Crippen LogP contribution in [-0.4, -0.2) is 35.6 Å². The number of nitrogens with zero attached hydrogens (tertiary/aromatic N) is 1. The number of nitrogens with one attached hydrogen (secondary N) is 2. The average molecular weight is 362 g/mol. The minimum atomic E-state index is -0.398. The quantitative estimate of drug-likeness (QED) is 0.783. The van der Waals surface area contributed by atoms with Crippen LogP contribution in [0.1, 0.15) is 5.56 Å². The largest absolute Gasteiger partial charge is 0.508 e. The molecular formula is C17H16ClN3O4. The van der Waals surface area contributed by atoms with Crippen molar-refractivity contribution in [2.24, 2.45) is 0 Å². The third-order valence-corrected chi connectivity index (χ3v) is 4.00. The summed E-state index contributed by atoms with van der Waals surface area (Å²) >= 11 is 6.16. The van der Waals surface area contributed by atoms with Gasteiger partial charge in [0.2, 0.25) is 0 Å². The van der Waals surface area contributed by atoms with Crippen LogP contribution in [0.4, 0.5) is 16.2 Å². The van der Waals surface area contributed by atoms with Gasteiger partial charge >= 0.3 is 6.03 Å². The molecule has 0 spiro atoms. The molecule has 25 heavy (non-hydrogen) atoms. The van der Waals surface area contributed by atoms with Gasteiger partial charge in [-0.3, -0.25) is 4.79 Å². The molecule has 2 aromatic rings. The zero-order valence-corrected chi connectivity index (χ0v) is 14.1. The lowest BCUT2D eigenvalue weighted by Gasteiger charge is -2.22. The number of rotatable bonds is 3. The Morgan fingerprint density at radius 2 is 2.16 bits per heavy atom. The number of para-hydroxylation sites is 1. The smallest absolute Gasteiger partial charge is 0.321 e. The van der Waals surface area contributed by atoms with E-state index < -0.39 is 6.03 Å². The van der Waals surface area contributed by atoms with Gasteiger partial charge in [0.05, 0.1) is 22.9 Å². The van der Waals surface area contributed by atoms with Gasteiger partial charge in [0.15, 0.2) is 6.61 Å². The number of carbonyl (C=O) groups excluding carboxylic acids is 2. The van der Waals surface area contributed by atoms with Crippen LogP contribution < -0.4 is 15.4 Å². The van der Waals surface area contributed by atoms with Crippen molar-refractivity contribution in [1.29, 1.82) is 0 Å². The summed E-state index contributed by atoms with van der Waals surface area (Å²) < 4.78 is 5.32. The van der Waals surface area contributed by atoms with Gasteiger partial charge in [-0.1, -0.05) is 29.8 Å². The molecule has 0 saturated heterocycles. The average Bonchev–Trinajstić information content (AvgIpc) is 2.57. The number of carbonyl (C=O) groups is 2. The Morgan fingerprint density at radius 1 is 1.40 bits per heavy atom. The molecule has 0 aromatic heterocycles. The van der Waals surface area contributed by atoms with Crippen LogP contribution in [-0.2, 0) is 11.3 Å². The van der Waals surface area contributed by atoms with E-state index in [9.17, 15) is 14.7 Å². The highest BCUT2D eigenvalue weighted by Gasteiger charge is 2.20. The lowest BCUT2D eigenvalue weighted by molar-refractivity contribution is -0.118. The zero-order valence-electron chi connectivity index (χ0n) is 13.4. The maximum atomic E-state index is 12.4. The molecule has 0 atom stereocenters. The molecule has 1 aliphatic rings. The van der Waals surface area contributed by atoms with Gasteiger partial charge in [0, 0.05) is 18.7 Å². The van der Waals surface area contributed by atoms with Crippen molar-refractivity contribution in [2.75, 3.05) is 24.3 Å². The van der Waals surface area contributed by atoms with E-state index in [1.807, 2.05) is 0 Å². The van der Waals surface area contributed by atoms with Crippen LogP contribution >= 0.6 is 11.6 Å². The number of fused-ring (bicyclic) bond motifs is 1. The molecule has 1 aliphatic heterocycles. The number of benzene rings is 2. The van der Waals surface area contributed by atoms with Crippen LogP contribution in [0.15, 0.2) is 36.4 Å². The zero-order chi connectivity index (χ0) is 18.0. The molecule has 0 bridgehead atoms. The predicted octanol–water partition coefficient (Wildman–Crippen LogP) is 3.04. The summed E-state index contributed by atoms with van der Waals surface area (Å²) in [6, 6.07) is 9.48. The first-order chi connectivity index (χ1) is 11.9. The van der Waals surface area contributed by atoms with Crippen LogP contribution in [0.25, 0.3) is 0 Å². The summed E-state index contributed by atoms with van der Waals surface area (Å²) in [4.78, 5) is 25.1. The Labute approximate surface area is 149 Å². The molecule has 0 unspecified atom stereocenters. The molecular weight excluding hydrogens is 346 g/mol. The first kappa shape index (κ1) is 16.9. The molecule has 3 rings (SSSR count). The van der Waals surface area contributed by atoms with E-state index in [2.05, 4.69) is 10.6 Å². The van der Waals surface area contributed by atoms with Crippen molar-refractivity contribution in [3.05, 3.63) is 47.0 Å². The van der Waals surface area contributed by atoms with E-state index in [1.165, 1.54) is 11.0 Å². The molecule has 0 fully saturated rings. The van der Waals surface area contributed by atoms with E-state index in [4.69, 9.17) is 16.3 Å². The fraction of sp³-hybridized carbons (Fsp3) is 0.176. The first-order valence-electron chi connectivity index (χ1n) is 7.49. The molecule has 1 heterocycles. The summed E-state index contributed by atoms with van der Waals surface area (Å²) in [6.45, 7) is 0.142.